The maximum Gasteiger partial charge on any atom is 0.256 e. The van der Waals surface area contributed by atoms with Gasteiger partial charge in [0, 0.05) is 23.8 Å². The quantitative estimate of drug-likeness (QED) is 0.760. The summed E-state index contributed by atoms with van der Waals surface area (Å²) < 4.78 is 1.60. The molecule has 1 aromatic carbocycles. The number of hydrogen-bond donors (Lipinski definition) is 2. The first kappa shape index (κ1) is 15.8. The molecule has 0 bridgehead atoms. The Morgan fingerprint density at radius 3 is 3.00 bits per heavy atom. The highest BCUT2D eigenvalue weighted by Gasteiger charge is 2.39. The number of benzene rings is 1. The number of H-pyrrole nitrogens is 1. The van der Waals surface area contributed by atoms with Crippen LogP contribution < -0.4 is 0 Å². The summed E-state index contributed by atoms with van der Waals surface area (Å²) in [6, 6.07) is 5.78. The van der Waals surface area contributed by atoms with Gasteiger partial charge in [-0.3, -0.25) is 4.79 Å². The van der Waals surface area contributed by atoms with Gasteiger partial charge < -0.3 is 15.0 Å². The number of nitrogens with one attached hydrogen (secondary N) is 1. The van der Waals surface area contributed by atoms with Gasteiger partial charge in [0.25, 0.3) is 5.91 Å². The van der Waals surface area contributed by atoms with Crippen molar-refractivity contribution in [3.05, 3.63) is 47.4 Å². The molecule has 25 heavy (non-hydrogen) atoms. The standard InChI is InChI=1S/C18H21N5O2/c1-12-13(2)20-16-14(12)4-3-5-15(16)17(24)22-8-6-18(25,10-22)11-23-9-7-19-21-23/h3-5,7,9,20,25H,6,8,10-11H2,1-2H3. The molecular formula is C18H21N5O2. The predicted molar refractivity (Wildman–Crippen MR) is 93.3 cm³/mol. The van der Waals surface area contributed by atoms with Crippen LogP contribution in [0.3, 0.4) is 0 Å². The smallest absolute Gasteiger partial charge is 0.256 e. The molecule has 3 heterocycles. The predicted octanol–water partition coefficient (Wildman–Crippen LogP) is 1.65. The second-order valence-electron chi connectivity index (χ2n) is 6.90. The van der Waals surface area contributed by atoms with Gasteiger partial charge in [-0.2, -0.15) is 0 Å². The lowest BCUT2D eigenvalue weighted by Gasteiger charge is -2.23. The zero-order valence-corrected chi connectivity index (χ0v) is 14.4. The molecule has 7 nitrogen and oxygen atoms in total. The molecule has 7 heteroatoms. The van der Waals surface area contributed by atoms with E-state index in [2.05, 4.69) is 22.2 Å². The summed E-state index contributed by atoms with van der Waals surface area (Å²) in [4.78, 5) is 18.1. The molecule has 0 radical (unpaired) electrons. The summed E-state index contributed by atoms with van der Waals surface area (Å²) in [5.74, 6) is -0.0543. The SMILES string of the molecule is Cc1[nH]c2c(C(=O)N3CCC(O)(Cn4ccnn4)C3)cccc2c1C. The van der Waals surface area contributed by atoms with E-state index in [1.807, 2.05) is 25.1 Å². The van der Waals surface area contributed by atoms with Crippen LogP contribution in [0.25, 0.3) is 10.9 Å². The van der Waals surface area contributed by atoms with Crippen LogP contribution in [0.2, 0.25) is 0 Å². The van der Waals surface area contributed by atoms with Gasteiger partial charge in [0.1, 0.15) is 5.60 Å². The van der Waals surface area contributed by atoms with Gasteiger partial charge in [0.2, 0.25) is 0 Å². The van der Waals surface area contributed by atoms with Crippen LogP contribution in [0.1, 0.15) is 28.0 Å². The summed E-state index contributed by atoms with van der Waals surface area (Å²) in [6.45, 7) is 5.22. The number of fused-ring (bicyclic) bond motifs is 1. The van der Waals surface area contributed by atoms with Gasteiger partial charge in [0.15, 0.2) is 0 Å². The minimum atomic E-state index is -0.973. The highest BCUT2D eigenvalue weighted by molar-refractivity contribution is 6.06. The molecule has 4 rings (SSSR count). The van der Waals surface area contributed by atoms with Gasteiger partial charge in [0.05, 0.1) is 30.4 Å². The van der Waals surface area contributed by atoms with Gasteiger partial charge >= 0.3 is 0 Å². The summed E-state index contributed by atoms with van der Waals surface area (Å²) in [7, 11) is 0. The van der Waals surface area contributed by atoms with Crippen LogP contribution in [-0.4, -0.2) is 54.6 Å². The lowest BCUT2D eigenvalue weighted by Crippen LogP contribution is -2.39. The van der Waals surface area contributed by atoms with Crippen molar-refractivity contribution < 1.29 is 9.90 Å². The number of aromatic amines is 1. The van der Waals surface area contributed by atoms with Crippen molar-refractivity contribution in [2.75, 3.05) is 13.1 Å². The fraction of sp³-hybridized carbons (Fsp3) is 0.389. The van der Waals surface area contributed by atoms with Gasteiger partial charge in [-0.15, -0.1) is 5.10 Å². The van der Waals surface area contributed by atoms with Crippen LogP contribution in [-0.2, 0) is 6.54 Å². The van der Waals surface area contributed by atoms with Gasteiger partial charge in [-0.1, -0.05) is 17.3 Å². The Kier molecular flexibility index (Phi) is 3.61. The molecule has 2 N–H and O–H groups in total. The van der Waals surface area contributed by atoms with Gasteiger partial charge in [-0.05, 0) is 31.9 Å². The molecule has 1 atom stereocenters. The maximum absolute atomic E-state index is 13.0. The molecular weight excluding hydrogens is 318 g/mol. The first-order valence-electron chi connectivity index (χ1n) is 8.40. The molecule has 0 saturated carbocycles. The van der Waals surface area contributed by atoms with Crippen LogP contribution in [0.4, 0.5) is 0 Å². The number of aromatic nitrogens is 4. The molecule has 0 spiro atoms. The average molecular weight is 339 g/mol. The molecule has 1 aliphatic rings. The van der Waals surface area contributed by atoms with Crippen molar-refractivity contribution in [3.8, 4) is 0 Å². The number of β-amino-alcohol motifs (C(OH)–C–C–N with tert-alkyl or cyclic N) is 1. The first-order chi connectivity index (χ1) is 12.0. The average Bonchev–Trinajstić information content (AvgIpc) is 3.29. The molecule has 0 aliphatic carbocycles. The number of amides is 1. The molecule has 1 fully saturated rings. The summed E-state index contributed by atoms with van der Waals surface area (Å²) in [5.41, 5.74) is 2.78. The number of aryl methyl sites for hydroxylation is 2. The van der Waals surface area contributed by atoms with Crippen molar-refractivity contribution in [3.63, 3.8) is 0 Å². The zero-order valence-electron chi connectivity index (χ0n) is 14.4. The van der Waals surface area contributed by atoms with Crippen LogP contribution in [0.5, 0.6) is 0 Å². The Balaban J connectivity index is 1.59. The largest absolute Gasteiger partial charge is 0.386 e. The van der Waals surface area contributed by atoms with E-state index in [-0.39, 0.29) is 5.91 Å². The normalized spacial score (nSPS) is 20.5. The lowest BCUT2D eigenvalue weighted by atomic mass is 10.0. The Morgan fingerprint density at radius 1 is 1.40 bits per heavy atom. The van der Waals surface area contributed by atoms with Crippen molar-refractivity contribution in [1.82, 2.24) is 24.9 Å². The van der Waals surface area contributed by atoms with E-state index in [1.165, 1.54) is 0 Å². The third-order valence-corrected chi connectivity index (χ3v) is 5.12. The number of nitrogens with zero attached hydrogens (tertiary/aromatic N) is 4. The van der Waals surface area contributed by atoms with E-state index < -0.39 is 5.60 Å². The molecule has 130 valence electrons. The van der Waals surface area contributed by atoms with E-state index in [4.69, 9.17) is 0 Å². The third kappa shape index (κ3) is 2.70. The number of para-hydroxylation sites is 1. The summed E-state index contributed by atoms with van der Waals surface area (Å²) >= 11 is 0. The molecule has 1 unspecified atom stereocenters. The number of carbonyl (C=O) groups is 1. The molecule has 3 aromatic rings. The molecule has 2 aromatic heterocycles. The van der Waals surface area contributed by atoms with Gasteiger partial charge in [-0.25, -0.2) is 4.68 Å². The Hall–Kier alpha value is -2.67. The molecule has 1 saturated heterocycles. The Labute approximate surface area is 145 Å². The second-order valence-corrected chi connectivity index (χ2v) is 6.90. The van der Waals surface area contributed by atoms with Crippen molar-refractivity contribution in [1.29, 1.82) is 0 Å². The topological polar surface area (TPSA) is 87.0 Å². The Bertz CT molecular complexity index is 930. The monoisotopic (exact) mass is 339 g/mol. The van der Waals surface area contributed by atoms with E-state index in [1.54, 1.807) is 22.0 Å². The van der Waals surface area contributed by atoms with Crippen LogP contribution in [0, 0.1) is 13.8 Å². The van der Waals surface area contributed by atoms with E-state index in [0.717, 1.165) is 22.2 Å². The van der Waals surface area contributed by atoms with Crippen molar-refractivity contribution in [2.45, 2.75) is 32.4 Å². The summed E-state index contributed by atoms with van der Waals surface area (Å²) in [6.07, 6.45) is 3.82. The van der Waals surface area contributed by atoms with E-state index >= 15 is 0 Å². The van der Waals surface area contributed by atoms with E-state index in [9.17, 15) is 9.90 Å². The molecule has 1 aliphatic heterocycles. The minimum absolute atomic E-state index is 0.0543. The van der Waals surface area contributed by atoms with Crippen molar-refractivity contribution in [2.24, 2.45) is 0 Å². The number of aliphatic hydroxyl groups is 1. The highest BCUT2D eigenvalue weighted by atomic mass is 16.3. The fourth-order valence-electron chi connectivity index (χ4n) is 3.61. The summed E-state index contributed by atoms with van der Waals surface area (Å²) in [5, 5.41) is 19.5. The maximum atomic E-state index is 13.0. The minimum Gasteiger partial charge on any atom is -0.386 e. The van der Waals surface area contributed by atoms with Crippen LogP contribution >= 0.6 is 0 Å². The number of likely N-dealkylation sites (tertiary alicyclic amines) is 1. The Morgan fingerprint density at radius 2 is 2.24 bits per heavy atom. The second kappa shape index (κ2) is 5.70. The molecule has 1 amide bonds. The van der Waals surface area contributed by atoms with Crippen molar-refractivity contribution >= 4 is 16.8 Å². The number of rotatable bonds is 3. The third-order valence-electron chi connectivity index (χ3n) is 5.12. The number of hydrogen-bond acceptors (Lipinski definition) is 4. The van der Waals surface area contributed by atoms with Crippen LogP contribution in [0.15, 0.2) is 30.6 Å². The van der Waals surface area contributed by atoms with E-state index in [0.29, 0.717) is 31.6 Å². The first-order valence-corrected chi connectivity index (χ1v) is 8.40. The highest BCUT2D eigenvalue weighted by Crippen LogP contribution is 2.28. The number of carbonyl (C=O) groups excluding carboxylic acids is 1. The zero-order chi connectivity index (χ0) is 17.6. The fourth-order valence-corrected chi connectivity index (χ4v) is 3.61. The lowest BCUT2D eigenvalue weighted by molar-refractivity contribution is 0.0267.